The maximum Gasteiger partial charge on any atom is 0.318 e. The smallest absolute Gasteiger partial charge is 0.318 e. The molecule has 1 amide bonds. The van der Waals surface area contributed by atoms with Crippen LogP contribution in [0.3, 0.4) is 0 Å². The lowest BCUT2D eigenvalue weighted by Gasteiger charge is -2.41. The molecule has 0 N–H and O–H groups in total. The van der Waals surface area contributed by atoms with Crippen LogP contribution in [0.2, 0.25) is 5.02 Å². The van der Waals surface area contributed by atoms with Crippen LogP contribution >= 0.6 is 11.6 Å². The molecule has 47 heavy (non-hydrogen) atoms. The number of halogens is 3. The Morgan fingerprint density at radius 3 is 2.66 bits per heavy atom. The summed E-state index contributed by atoms with van der Waals surface area (Å²) in [7, 11) is 0. The van der Waals surface area contributed by atoms with E-state index in [0.29, 0.717) is 50.4 Å². The van der Waals surface area contributed by atoms with Gasteiger partial charge in [0, 0.05) is 54.8 Å². The van der Waals surface area contributed by atoms with Crippen molar-refractivity contribution in [2.75, 3.05) is 68.8 Å². The Morgan fingerprint density at radius 2 is 1.96 bits per heavy atom. The average Bonchev–Trinajstić information content (AvgIpc) is 3.86. The number of piperazine rings is 1. The first-order valence-corrected chi connectivity index (χ1v) is 16.6. The van der Waals surface area contributed by atoms with Gasteiger partial charge in [-0.15, -0.1) is 0 Å². The zero-order valence-corrected chi connectivity index (χ0v) is 27.7. The van der Waals surface area contributed by atoms with Crippen molar-refractivity contribution in [1.29, 1.82) is 0 Å². The number of nitrogens with zero attached hydrogens (tertiary/aromatic N) is 7. The first kappa shape index (κ1) is 32.9. The van der Waals surface area contributed by atoms with Gasteiger partial charge in [0.25, 0.3) is 5.91 Å². The number of benzene rings is 2. The number of carbonyl (C=O) groups is 1. The number of aromatic nitrogens is 2. The van der Waals surface area contributed by atoms with Crippen LogP contribution in [0.1, 0.15) is 37.9 Å². The highest BCUT2D eigenvalue weighted by Gasteiger charge is 2.45. The van der Waals surface area contributed by atoms with Gasteiger partial charge < -0.3 is 29.2 Å². The molecule has 2 aromatic carbocycles. The lowest BCUT2D eigenvalue weighted by atomic mass is 10.0. The molecule has 3 heterocycles. The number of rotatable bonds is 11. The van der Waals surface area contributed by atoms with Crippen molar-refractivity contribution < 1.29 is 18.3 Å². The van der Waals surface area contributed by atoms with E-state index in [2.05, 4.69) is 40.0 Å². The van der Waals surface area contributed by atoms with E-state index in [4.69, 9.17) is 32.9 Å². The molecule has 3 aliphatic rings. The lowest BCUT2D eigenvalue weighted by Crippen LogP contribution is -2.57. The molecule has 2 aliphatic heterocycles. The van der Waals surface area contributed by atoms with Crippen molar-refractivity contribution in [3.05, 3.63) is 76.3 Å². The van der Waals surface area contributed by atoms with Crippen LogP contribution in [-0.2, 0) is 17.8 Å². The topological polar surface area (TPSA) is 69.4 Å². The van der Waals surface area contributed by atoms with Crippen molar-refractivity contribution >= 4 is 39.8 Å². The van der Waals surface area contributed by atoms with Crippen LogP contribution in [0.5, 0.6) is 6.01 Å². The normalized spacial score (nSPS) is 18.7. The predicted molar refractivity (Wildman–Crippen MR) is 180 cm³/mol. The molecular weight excluding hydrogens is 624 g/mol. The summed E-state index contributed by atoms with van der Waals surface area (Å²) in [5.74, 6) is -1.57. The summed E-state index contributed by atoms with van der Waals surface area (Å²) >= 11 is 6.51. The number of amides is 1. The van der Waals surface area contributed by atoms with Crippen LogP contribution in [0.4, 0.5) is 20.3 Å². The Balaban J connectivity index is 1.34. The SMILES string of the molecule is [C-]#[N+]C[C@H]1CN(c2nc(OCC3(CN(CC)CC)CC3)nc3c2CCN(c2cccc4ccc(F)c(Cl)c24)C3)CCN1C(=O)C(=C)F. The minimum atomic E-state index is -1.03. The van der Waals surface area contributed by atoms with Crippen molar-refractivity contribution in [2.24, 2.45) is 5.41 Å². The molecule has 1 atom stereocenters. The summed E-state index contributed by atoms with van der Waals surface area (Å²) in [5.41, 5.74) is 2.66. The van der Waals surface area contributed by atoms with Gasteiger partial charge in [0.2, 0.25) is 6.54 Å². The van der Waals surface area contributed by atoms with Gasteiger partial charge in [-0.2, -0.15) is 9.97 Å². The van der Waals surface area contributed by atoms with Gasteiger partial charge in [0.1, 0.15) is 17.7 Å². The fourth-order valence-corrected chi connectivity index (χ4v) is 7.14. The molecule has 1 saturated heterocycles. The number of anilines is 2. The Morgan fingerprint density at radius 1 is 1.17 bits per heavy atom. The van der Waals surface area contributed by atoms with Crippen molar-refractivity contribution in [3.8, 4) is 6.01 Å². The van der Waals surface area contributed by atoms with E-state index < -0.39 is 23.6 Å². The van der Waals surface area contributed by atoms with Crippen molar-refractivity contribution in [3.63, 3.8) is 0 Å². The van der Waals surface area contributed by atoms with Crippen LogP contribution in [0.15, 0.2) is 42.7 Å². The van der Waals surface area contributed by atoms with E-state index in [1.54, 1.807) is 6.07 Å². The Kier molecular flexibility index (Phi) is 9.53. The van der Waals surface area contributed by atoms with Crippen molar-refractivity contribution in [1.82, 2.24) is 19.8 Å². The first-order chi connectivity index (χ1) is 22.7. The minimum absolute atomic E-state index is 0.0339. The van der Waals surface area contributed by atoms with Crippen LogP contribution < -0.4 is 14.5 Å². The fourth-order valence-electron chi connectivity index (χ4n) is 6.87. The zero-order chi connectivity index (χ0) is 33.3. The second-order valence-corrected chi connectivity index (χ2v) is 13.1. The lowest BCUT2D eigenvalue weighted by molar-refractivity contribution is -0.131. The second kappa shape index (κ2) is 13.6. The fraction of sp³-hybridized carbons (Fsp3) is 0.486. The molecule has 9 nitrogen and oxygen atoms in total. The van der Waals surface area contributed by atoms with Crippen LogP contribution in [-0.4, -0.2) is 90.7 Å². The Hall–Kier alpha value is -4.01. The molecule has 0 unspecified atom stereocenters. The first-order valence-electron chi connectivity index (χ1n) is 16.3. The molecule has 248 valence electrons. The Bertz CT molecular complexity index is 1720. The third kappa shape index (κ3) is 6.72. The van der Waals surface area contributed by atoms with E-state index in [-0.39, 0.29) is 29.5 Å². The maximum absolute atomic E-state index is 14.6. The van der Waals surface area contributed by atoms with Crippen molar-refractivity contribution in [2.45, 2.75) is 45.7 Å². The summed E-state index contributed by atoms with van der Waals surface area (Å²) in [4.78, 5) is 34.0. The largest absolute Gasteiger partial charge is 0.463 e. The minimum Gasteiger partial charge on any atom is -0.463 e. The number of carbonyl (C=O) groups excluding carboxylic acids is 1. The van der Waals surface area contributed by atoms with Crippen LogP contribution in [0, 0.1) is 17.8 Å². The summed E-state index contributed by atoms with van der Waals surface area (Å²) < 4.78 is 34.9. The van der Waals surface area contributed by atoms with E-state index in [0.717, 1.165) is 54.8 Å². The van der Waals surface area contributed by atoms with Gasteiger partial charge in [0.05, 0.1) is 23.9 Å². The highest BCUT2D eigenvalue weighted by molar-refractivity contribution is 6.36. The second-order valence-electron chi connectivity index (χ2n) is 12.8. The number of ether oxygens (including phenoxy) is 1. The molecule has 12 heteroatoms. The summed E-state index contributed by atoms with van der Waals surface area (Å²) in [6, 6.07) is 8.69. The molecule has 2 fully saturated rings. The van der Waals surface area contributed by atoms with Gasteiger partial charge in [0.15, 0.2) is 5.83 Å². The molecular formula is C35H40ClF2N7O2. The molecule has 0 bridgehead atoms. The summed E-state index contributed by atoms with van der Waals surface area (Å²) in [6.45, 7) is 20.5. The highest BCUT2D eigenvalue weighted by atomic mass is 35.5. The number of hydrogen-bond donors (Lipinski definition) is 0. The molecule has 3 aromatic rings. The quantitative estimate of drug-likeness (QED) is 0.187. The predicted octanol–water partition coefficient (Wildman–Crippen LogP) is 5.91. The third-order valence-electron chi connectivity index (χ3n) is 9.77. The van der Waals surface area contributed by atoms with Gasteiger partial charge >= 0.3 is 6.01 Å². The van der Waals surface area contributed by atoms with E-state index in [9.17, 15) is 13.6 Å². The van der Waals surface area contributed by atoms with Gasteiger partial charge in [-0.25, -0.2) is 15.4 Å². The Labute approximate surface area is 279 Å². The van der Waals surface area contributed by atoms with Gasteiger partial charge in [-0.1, -0.05) is 50.2 Å². The van der Waals surface area contributed by atoms with E-state index >= 15 is 0 Å². The van der Waals surface area contributed by atoms with Gasteiger partial charge in [-0.3, -0.25) is 4.79 Å². The highest BCUT2D eigenvalue weighted by Crippen LogP contribution is 2.46. The van der Waals surface area contributed by atoms with E-state index in [1.807, 2.05) is 18.2 Å². The van der Waals surface area contributed by atoms with E-state index in [1.165, 1.54) is 11.0 Å². The molecule has 1 saturated carbocycles. The molecule has 1 aliphatic carbocycles. The average molecular weight is 664 g/mol. The number of fused-ring (bicyclic) bond motifs is 2. The van der Waals surface area contributed by atoms with Gasteiger partial charge in [-0.05, 0) is 49.9 Å². The molecule has 0 spiro atoms. The zero-order valence-electron chi connectivity index (χ0n) is 26.9. The standard InChI is InChI=1S/C35H40ClF2N7O2/c1-5-42(6-2)21-35(13-14-35)22-47-34-40-28-20-43(29-9-7-8-24-10-11-27(38)31(36)30(24)29)15-12-26(28)32(41-34)44-16-17-45(33(46)23(3)37)25(19-44)18-39-4/h7-11,25H,3,5-6,12-22H2,1-2H3/t25-/m0/s1. The molecule has 6 rings (SSSR count). The van der Waals surface area contributed by atoms with Crippen LogP contribution in [0.25, 0.3) is 15.6 Å². The summed E-state index contributed by atoms with van der Waals surface area (Å²) in [5, 5.41) is 1.60. The molecule has 0 radical (unpaired) electrons. The maximum atomic E-state index is 14.6. The molecule has 1 aromatic heterocycles. The number of hydrogen-bond acceptors (Lipinski definition) is 7. The monoisotopic (exact) mass is 663 g/mol. The summed E-state index contributed by atoms with van der Waals surface area (Å²) in [6.07, 6.45) is 2.78. The third-order valence-corrected chi connectivity index (χ3v) is 10.1.